The Bertz CT molecular complexity index is 659. The molecule has 104 valence electrons. The largest absolute Gasteiger partial charge is 0.489 e. The summed E-state index contributed by atoms with van der Waals surface area (Å²) in [5, 5.41) is 8.81. The van der Waals surface area contributed by atoms with Crippen molar-refractivity contribution in [1.29, 1.82) is 0 Å². The van der Waals surface area contributed by atoms with E-state index >= 15 is 0 Å². The molecule has 0 aromatic heterocycles. The van der Waals surface area contributed by atoms with Crippen LogP contribution in [0, 0.1) is 11.6 Å². The quantitative estimate of drug-likeness (QED) is 0.913. The molecule has 0 aliphatic rings. The molecule has 0 unspecified atom stereocenters. The average Bonchev–Trinajstić information content (AvgIpc) is 2.39. The van der Waals surface area contributed by atoms with Crippen LogP contribution in [0.1, 0.15) is 15.9 Å². The second-order valence-corrected chi connectivity index (χ2v) is 4.92. The van der Waals surface area contributed by atoms with Crippen LogP contribution >= 0.6 is 15.9 Å². The first-order valence-electron chi connectivity index (χ1n) is 5.56. The van der Waals surface area contributed by atoms with Gasteiger partial charge in [-0.1, -0.05) is 15.9 Å². The van der Waals surface area contributed by atoms with E-state index in [4.69, 9.17) is 9.84 Å². The third kappa shape index (κ3) is 3.54. The average molecular weight is 343 g/mol. The Labute approximate surface area is 121 Å². The van der Waals surface area contributed by atoms with Gasteiger partial charge in [-0.3, -0.25) is 0 Å². The lowest BCUT2D eigenvalue weighted by Crippen LogP contribution is -2.02. The van der Waals surface area contributed by atoms with Crippen LogP contribution in [0.3, 0.4) is 0 Å². The van der Waals surface area contributed by atoms with Crippen molar-refractivity contribution in [3.05, 3.63) is 63.6 Å². The Morgan fingerprint density at radius 1 is 1.20 bits per heavy atom. The lowest BCUT2D eigenvalue weighted by molar-refractivity contribution is 0.0695. The zero-order chi connectivity index (χ0) is 14.7. The van der Waals surface area contributed by atoms with Gasteiger partial charge in [0.2, 0.25) is 0 Å². The van der Waals surface area contributed by atoms with E-state index in [0.29, 0.717) is 4.47 Å². The SMILES string of the molecule is O=C(O)c1cc(F)cc(OCc2cc(Br)ccc2F)c1. The summed E-state index contributed by atoms with van der Waals surface area (Å²) in [6, 6.07) is 7.46. The number of carbonyl (C=O) groups is 1. The Hall–Kier alpha value is -1.95. The van der Waals surface area contributed by atoms with E-state index in [2.05, 4.69) is 15.9 Å². The van der Waals surface area contributed by atoms with Crippen LogP contribution in [0.15, 0.2) is 40.9 Å². The Balaban J connectivity index is 2.18. The van der Waals surface area contributed by atoms with Crippen molar-refractivity contribution in [3.8, 4) is 5.75 Å². The Kier molecular flexibility index (Phi) is 4.34. The van der Waals surface area contributed by atoms with Crippen molar-refractivity contribution in [2.45, 2.75) is 6.61 Å². The molecular formula is C14H9BrF2O3. The van der Waals surface area contributed by atoms with Crippen LogP contribution in [0.5, 0.6) is 5.75 Å². The minimum absolute atomic E-state index is 0.0294. The van der Waals surface area contributed by atoms with Crippen molar-refractivity contribution < 1.29 is 23.4 Å². The van der Waals surface area contributed by atoms with E-state index in [0.717, 1.165) is 12.1 Å². The van der Waals surface area contributed by atoms with Gasteiger partial charge in [-0.15, -0.1) is 0 Å². The number of hydrogen-bond acceptors (Lipinski definition) is 2. The number of carboxylic acid groups (broad SMARTS) is 1. The molecule has 0 aliphatic heterocycles. The fourth-order valence-electron chi connectivity index (χ4n) is 1.58. The van der Waals surface area contributed by atoms with E-state index in [9.17, 15) is 13.6 Å². The minimum atomic E-state index is -1.26. The van der Waals surface area contributed by atoms with Gasteiger partial charge in [0.25, 0.3) is 0 Å². The number of ether oxygens (including phenoxy) is 1. The van der Waals surface area contributed by atoms with Crippen molar-refractivity contribution in [2.75, 3.05) is 0 Å². The summed E-state index contributed by atoms with van der Waals surface area (Å²) in [6.07, 6.45) is 0. The molecule has 6 heteroatoms. The molecule has 3 nitrogen and oxygen atoms in total. The molecule has 0 fully saturated rings. The van der Waals surface area contributed by atoms with Gasteiger partial charge in [0.15, 0.2) is 0 Å². The van der Waals surface area contributed by atoms with Gasteiger partial charge in [0.05, 0.1) is 5.56 Å². The molecule has 0 bridgehead atoms. The summed E-state index contributed by atoms with van der Waals surface area (Å²) < 4.78 is 32.6. The van der Waals surface area contributed by atoms with Crippen LogP contribution in [-0.4, -0.2) is 11.1 Å². The maximum atomic E-state index is 13.5. The highest BCUT2D eigenvalue weighted by molar-refractivity contribution is 9.10. The molecule has 2 aromatic carbocycles. The summed E-state index contributed by atoms with van der Waals surface area (Å²) in [7, 11) is 0. The van der Waals surface area contributed by atoms with Crippen LogP contribution < -0.4 is 4.74 Å². The van der Waals surface area contributed by atoms with Gasteiger partial charge >= 0.3 is 5.97 Å². The normalized spacial score (nSPS) is 10.3. The lowest BCUT2D eigenvalue weighted by atomic mass is 10.2. The molecule has 0 aliphatic carbocycles. The Morgan fingerprint density at radius 2 is 1.95 bits per heavy atom. The number of benzene rings is 2. The topological polar surface area (TPSA) is 46.5 Å². The molecule has 0 saturated heterocycles. The maximum absolute atomic E-state index is 13.5. The summed E-state index contributed by atoms with van der Waals surface area (Å²) in [6.45, 7) is -0.131. The van der Waals surface area contributed by atoms with E-state index in [1.54, 1.807) is 6.07 Å². The molecule has 0 radical (unpaired) electrons. The molecule has 20 heavy (non-hydrogen) atoms. The predicted octanol–water partition coefficient (Wildman–Crippen LogP) is 4.00. The van der Waals surface area contributed by atoms with Crippen LogP contribution in [0.25, 0.3) is 0 Å². The van der Waals surface area contributed by atoms with Gasteiger partial charge in [0.1, 0.15) is 24.0 Å². The first-order valence-corrected chi connectivity index (χ1v) is 6.35. The standard InChI is InChI=1S/C14H9BrF2O3/c15-10-1-2-13(17)9(3-10)7-20-12-5-8(14(18)19)4-11(16)6-12/h1-6H,7H2,(H,18,19). The van der Waals surface area contributed by atoms with Crippen molar-refractivity contribution >= 4 is 21.9 Å². The number of rotatable bonds is 4. The van der Waals surface area contributed by atoms with Crippen molar-refractivity contribution in [3.63, 3.8) is 0 Å². The van der Waals surface area contributed by atoms with E-state index in [1.165, 1.54) is 18.2 Å². The molecule has 2 rings (SSSR count). The molecule has 2 aromatic rings. The summed E-state index contributed by atoms with van der Waals surface area (Å²) in [4.78, 5) is 10.8. The summed E-state index contributed by atoms with van der Waals surface area (Å²) >= 11 is 3.20. The van der Waals surface area contributed by atoms with Gasteiger partial charge < -0.3 is 9.84 Å². The third-order valence-electron chi connectivity index (χ3n) is 2.52. The van der Waals surface area contributed by atoms with Crippen molar-refractivity contribution in [1.82, 2.24) is 0 Å². The molecule has 1 N–H and O–H groups in total. The second kappa shape index (κ2) is 6.00. The molecule has 0 saturated carbocycles. The monoisotopic (exact) mass is 342 g/mol. The van der Waals surface area contributed by atoms with E-state index in [1.807, 2.05) is 0 Å². The highest BCUT2D eigenvalue weighted by Gasteiger charge is 2.09. The zero-order valence-electron chi connectivity index (χ0n) is 10.1. The first-order chi connectivity index (χ1) is 9.45. The van der Waals surface area contributed by atoms with Crippen LogP contribution in [0.4, 0.5) is 8.78 Å². The predicted molar refractivity (Wildman–Crippen MR) is 71.8 cm³/mol. The highest BCUT2D eigenvalue weighted by atomic mass is 79.9. The molecule has 0 spiro atoms. The third-order valence-corrected chi connectivity index (χ3v) is 3.01. The van der Waals surface area contributed by atoms with Gasteiger partial charge in [-0.05, 0) is 30.3 Å². The minimum Gasteiger partial charge on any atom is -0.489 e. The summed E-state index contributed by atoms with van der Waals surface area (Å²) in [5.41, 5.74) is 0.0511. The van der Waals surface area contributed by atoms with Gasteiger partial charge in [-0.25, -0.2) is 13.6 Å². The van der Waals surface area contributed by atoms with E-state index < -0.39 is 17.6 Å². The number of aromatic carboxylic acids is 1. The van der Waals surface area contributed by atoms with Crippen LogP contribution in [0.2, 0.25) is 0 Å². The lowest BCUT2D eigenvalue weighted by Gasteiger charge is -2.08. The molecule has 0 amide bonds. The van der Waals surface area contributed by atoms with Crippen LogP contribution in [-0.2, 0) is 6.61 Å². The molecule has 0 atom stereocenters. The highest BCUT2D eigenvalue weighted by Crippen LogP contribution is 2.20. The smallest absolute Gasteiger partial charge is 0.335 e. The fraction of sp³-hybridized carbons (Fsp3) is 0.0714. The summed E-state index contributed by atoms with van der Waals surface area (Å²) in [5.74, 6) is -2.41. The number of carboxylic acids is 1. The van der Waals surface area contributed by atoms with Gasteiger partial charge in [-0.2, -0.15) is 0 Å². The zero-order valence-corrected chi connectivity index (χ0v) is 11.7. The van der Waals surface area contributed by atoms with E-state index in [-0.39, 0.29) is 23.5 Å². The number of hydrogen-bond donors (Lipinski definition) is 1. The Morgan fingerprint density at radius 3 is 2.65 bits per heavy atom. The number of halogens is 3. The van der Waals surface area contributed by atoms with Crippen molar-refractivity contribution in [2.24, 2.45) is 0 Å². The second-order valence-electron chi connectivity index (χ2n) is 4.01. The molecular weight excluding hydrogens is 334 g/mol. The fourth-order valence-corrected chi connectivity index (χ4v) is 1.99. The first kappa shape index (κ1) is 14.5. The maximum Gasteiger partial charge on any atom is 0.335 e. The van der Waals surface area contributed by atoms with Gasteiger partial charge in [0, 0.05) is 16.1 Å². The molecule has 0 heterocycles.